The number of carboxylic acids is 1. The fourth-order valence-corrected chi connectivity index (χ4v) is 4.67. The van der Waals surface area contributed by atoms with Crippen molar-refractivity contribution < 1.29 is 19.1 Å². The molecule has 4 aromatic rings. The van der Waals surface area contributed by atoms with Crippen LogP contribution >= 0.6 is 0 Å². The highest BCUT2D eigenvalue weighted by molar-refractivity contribution is 5.75. The molecular formula is C27H28N4O5. The lowest BCUT2D eigenvalue weighted by atomic mass is 9.87. The smallest absolute Gasteiger partial charge is 0.419 e. The fourth-order valence-electron chi connectivity index (χ4n) is 4.67. The summed E-state index contributed by atoms with van der Waals surface area (Å²) in [5, 5.41) is 17.8. The highest BCUT2D eigenvalue weighted by Crippen LogP contribution is 2.32. The van der Waals surface area contributed by atoms with Crippen molar-refractivity contribution in [2.75, 3.05) is 0 Å². The van der Waals surface area contributed by atoms with Gasteiger partial charge in [0.05, 0.1) is 24.8 Å². The van der Waals surface area contributed by atoms with Crippen LogP contribution in [0.25, 0.3) is 22.7 Å². The van der Waals surface area contributed by atoms with Gasteiger partial charge >= 0.3 is 11.7 Å². The van der Waals surface area contributed by atoms with Crippen LogP contribution in [0.2, 0.25) is 0 Å². The second kappa shape index (κ2) is 9.85. The molecule has 0 saturated heterocycles. The summed E-state index contributed by atoms with van der Waals surface area (Å²) in [5.74, 6) is -0.493. The highest BCUT2D eigenvalue weighted by Gasteiger charge is 2.28. The van der Waals surface area contributed by atoms with Gasteiger partial charge in [0.1, 0.15) is 17.1 Å². The van der Waals surface area contributed by atoms with Crippen LogP contribution in [-0.2, 0) is 18.4 Å². The summed E-state index contributed by atoms with van der Waals surface area (Å²) < 4.78 is 14.8. The molecule has 1 aliphatic carbocycles. The molecule has 5 rings (SSSR count). The van der Waals surface area contributed by atoms with Crippen LogP contribution in [0.15, 0.2) is 63.9 Å². The minimum Gasteiger partial charge on any atom is -0.490 e. The number of rotatable bonds is 7. The van der Waals surface area contributed by atoms with Gasteiger partial charge in [-0.1, -0.05) is 35.0 Å². The topological polar surface area (TPSA) is 112 Å². The Morgan fingerprint density at radius 3 is 2.61 bits per heavy atom. The molecular weight excluding hydrogens is 460 g/mol. The zero-order valence-electron chi connectivity index (χ0n) is 20.3. The maximum atomic E-state index is 12.6. The number of oxazole rings is 1. The van der Waals surface area contributed by atoms with Gasteiger partial charge in [0.2, 0.25) is 0 Å². The second-order valence-electron chi connectivity index (χ2n) is 9.35. The predicted molar refractivity (Wildman–Crippen MR) is 133 cm³/mol. The highest BCUT2D eigenvalue weighted by atomic mass is 16.5. The summed E-state index contributed by atoms with van der Waals surface area (Å²) in [5.41, 5.74) is 4.14. The maximum absolute atomic E-state index is 12.6. The summed E-state index contributed by atoms with van der Waals surface area (Å²) in [6, 6.07) is 15.4. The summed E-state index contributed by atoms with van der Waals surface area (Å²) in [6.07, 6.45) is 4.48. The lowest BCUT2D eigenvalue weighted by Crippen LogP contribution is -2.29. The predicted octanol–water partition coefficient (Wildman–Crippen LogP) is 4.28. The molecule has 0 spiro atoms. The van der Waals surface area contributed by atoms with E-state index in [-0.39, 0.29) is 12.0 Å². The maximum Gasteiger partial charge on any atom is 0.419 e. The first-order chi connectivity index (χ1) is 17.4. The monoisotopic (exact) mass is 488 g/mol. The third-order valence-corrected chi connectivity index (χ3v) is 6.64. The van der Waals surface area contributed by atoms with Crippen LogP contribution in [0.1, 0.15) is 36.8 Å². The van der Waals surface area contributed by atoms with E-state index in [9.17, 15) is 14.7 Å². The molecule has 1 aliphatic rings. The van der Waals surface area contributed by atoms with E-state index in [1.165, 1.54) is 4.57 Å². The molecule has 0 amide bonds. The van der Waals surface area contributed by atoms with Crippen LogP contribution in [0, 0.1) is 12.8 Å². The Balaban J connectivity index is 1.35. The molecule has 1 fully saturated rings. The average Bonchev–Trinajstić information content (AvgIpc) is 3.43. The largest absolute Gasteiger partial charge is 0.490 e. The molecule has 0 unspecified atom stereocenters. The van der Waals surface area contributed by atoms with Crippen LogP contribution < -0.4 is 10.5 Å². The Bertz CT molecular complexity index is 1420. The SMILES string of the molecule is Cc1ccc(Cn2cc(-c3c(-c4ccc(O[C@H]5CCC[C@H](C(=O)O)C5)cc4)nnn3C)oc2=O)cc1. The Kier molecular flexibility index (Phi) is 6.45. The molecule has 36 heavy (non-hydrogen) atoms. The van der Waals surface area contributed by atoms with Crippen LogP contribution in [0.5, 0.6) is 5.75 Å². The first-order valence-electron chi connectivity index (χ1n) is 12.0. The van der Waals surface area contributed by atoms with E-state index in [0.717, 1.165) is 29.5 Å². The number of benzene rings is 2. The Labute approximate surface area is 207 Å². The van der Waals surface area contributed by atoms with Crippen molar-refractivity contribution in [3.63, 3.8) is 0 Å². The van der Waals surface area contributed by atoms with Crippen LogP contribution in [-0.4, -0.2) is 36.7 Å². The van der Waals surface area contributed by atoms with Crippen molar-refractivity contribution in [2.45, 2.75) is 45.3 Å². The first kappa shape index (κ1) is 23.6. The average molecular weight is 489 g/mol. The number of carboxylic acid groups (broad SMARTS) is 1. The third kappa shape index (κ3) is 4.95. The van der Waals surface area contributed by atoms with Gasteiger partial charge in [-0.05, 0) is 62.4 Å². The van der Waals surface area contributed by atoms with Crippen molar-refractivity contribution in [3.8, 4) is 28.5 Å². The van der Waals surface area contributed by atoms with Crippen molar-refractivity contribution >= 4 is 5.97 Å². The number of hydrogen-bond acceptors (Lipinski definition) is 6. The minimum atomic E-state index is -0.756. The van der Waals surface area contributed by atoms with Gasteiger partial charge in [-0.2, -0.15) is 0 Å². The standard InChI is InChI=1S/C27H28N4O5/c1-17-6-8-18(9-7-17)15-31-16-23(36-27(31)34)25-24(28-29-30(25)2)19-10-12-21(13-11-19)35-22-5-3-4-20(14-22)26(32)33/h6-13,16,20,22H,3-5,14-15H2,1-2H3,(H,32,33)/t20-,22-/m0/s1. The molecule has 9 nitrogen and oxygen atoms in total. The number of nitrogens with zero attached hydrogens (tertiary/aromatic N) is 4. The molecule has 9 heteroatoms. The molecule has 0 radical (unpaired) electrons. The van der Waals surface area contributed by atoms with Gasteiger partial charge < -0.3 is 14.3 Å². The van der Waals surface area contributed by atoms with Crippen LogP contribution in [0.4, 0.5) is 0 Å². The fraction of sp³-hybridized carbons (Fsp3) is 0.333. The van der Waals surface area contributed by atoms with Gasteiger partial charge in [0, 0.05) is 12.6 Å². The quantitative estimate of drug-likeness (QED) is 0.413. The van der Waals surface area contributed by atoms with E-state index in [4.69, 9.17) is 9.15 Å². The van der Waals surface area contributed by atoms with E-state index in [1.807, 2.05) is 55.5 Å². The van der Waals surface area contributed by atoms with Gasteiger partial charge in [-0.25, -0.2) is 9.48 Å². The zero-order valence-corrected chi connectivity index (χ0v) is 20.3. The van der Waals surface area contributed by atoms with Crippen molar-refractivity contribution in [3.05, 3.63) is 76.4 Å². The third-order valence-electron chi connectivity index (χ3n) is 6.64. The molecule has 2 aromatic carbocycles. The first-order valence-corrected chi connectivity index (χ1v) is 12.0. The Morgan fingerprint density at radius 1 is 1.14 bits per heavy atom. The summed E-state index contributed by atoms with van der Waals surface area (Å²) in [4.78, 5) is 23.9. The molecule has 2 heterocycles. The molecule has 1 N–H and O–H groups in total. The van der Waals surface area contributed by atoms with Gasteiger partial charge in [0.25, 0.3) is 0 Å². The van der Waals surface area contributed by atoms with Crippen molar-refractivity contribution in [1.29, 1.82) is 0 Å². The molecule has 0 bridgehead atoms. The number of aromatic nitrogens is 4. The Hall–Kier alpha value is -4.14. The van der Waals surface area contributed by atoms with E-state index < -0.39 is 11.7 Å². The lowest BCUT2D eigenvalue weighted by molar-refractivity contribution is -0.143. The molecule has 0 aliphatic heterocycles. The molecule has 186 valence electrons. The second-order valence-corrected chi connectivity index (χ2v) is 9.35. The summed E-state index contributed by atoms with van der Waals surface area (Å²) in [6.45, 7) is 2.42. The number of ether oxygens (including phenoxy) is 1. The Morgan fingerprint density at radius 2 is 1.89 bits per heavy atom. The summed E-state index contributed by atoms with van der Waals surface area (Å²) in [7, 11) is 1.75. The normalized spacial score (nSPS) is 17.7. The summed E-state index contributed by atoms with van der Waals surface area (Å²) >= 11 is 0. The minimum absolute atomic E-state index is 0.111. The van der Waals surface area contributed by atoms with E-state index >= 15 is 0 Å². The van der Waals surface area contributed by atoms with Gasteiger partial charge in [0.15, 0.2) is 5.76 Å². The van der Waals surface area contributed by atoms with E-state index in [2.05, 4.69) is 10.3 Å². The molecule has 1 saturated carbocycles. The molecule has 2 atom stereocenters. The number of aryl methyl sites for hydroxylation is 2. The van der Waals surface area contributed by atoms with Gasteiger partial charge in [-0.3, -0.25) is 9.36 Å². The molecule has 2 aromatic heterocycles. The number of hydrogen-bond donors (Lipinski definition) is 1. The number of aliphatic carboxylic acids is 1. The van der Waals surface area contributed by atoms with Crippen LogP contribution in [0.3, 0.4) is 0 Å². The van der Waals surface area contributed by atoms with Gasteiger partial charge in [-0.15, -0.1) is 5.10 Å². The van der Waals surface area contributed by atoms with E-state index in [0.29, 0.717) is 42.3 Å². The van der Waals surface area contributed by atoms with Crippen molar-refractivity contribution in [2.24, 2.45) is 13.0 Å². The lowest BCUT2D eigenvalue weighted by Gasteiger charge is -2.27. The van der Waals surface area contributed by atoms with Crippen molar-refractivity contribution in [1.82, 2.24) is 19.6 Å². The number of carbonyl (C=O) groups is 1. The van der Waals surface area contributed by atoms with E-state index in [1.54, 1.807) is 17.9 Å². The zero-order chi connectivity index (χ0) is 25.2.